The minimum absolute atomic E-state index is 1.08. The monoisotopic (exact) mass is 446 g/mol. The molecule has 158 valence electrons. The van der Waals surface area contributed by atoms with Crippen molar-refractivity contribution in [2.75, 3.05) is 48.5 Å². The predicted octanol–water partition coefficient (Wildman–Crippen LogP) is 5.88. The molecule has 31 heavy (non-hydrogen) atoms. The van der Waals surface area contributed by atoms with Crippen molar-refractivity contribution in [1.29, 1.82) is 0 Å². The highest BCUT2D eigenvalue weighted by molar-refractivity contribution is 8.01. The Hall–Kier alpha value is -2.28. The number of unbranched alkanes of at least 4 members (excludes halogenated alkanes) is 1. The van der Waals surface area contributed by atoms with Crippen molar-refractivity contribution in [1.82, 2.24) is 9.27 Å². The van der Waals surface area contributed by atoms with Gasteiger partial charge in [0.2, 0.25) is 0 Å². The quantitative estimate of drug-likeness (QED) is 0.272. The molecule has 1 aromatic heterocycles. The molecule has 3 aromatic carbocycles. The van der Waals surface area contributed by atoms with Gasteiger partial charge >= 0.3 is 0 Å². The van der Waals surface area contributed by atoms with Gasteiger partial charge in [0.05, 0.1) is 10.4 Å². The number of hydrogen-bond acceptors (Lipinski definition) is 6. The highest BCUT2D eigenvalue weighted by Gasteiger charge is 2.23. The molecule has 1 saturated heterocycles. The molecule has 6 rings (SSSR count). The van der Waals surface area contributed by atoms with Crippen LogP contribution in [0.4, 0.5) is 11.5 Å². The molecule has 1 fully saturated rings. The molecule has 0 bridgehead atoms. The third kappa shape index (κ3) is 3.67. The normalized spacial score (nSPS) is 16.6. The molecule has 0 N–H and O–H groups in total. The summed E-state index contributed by atoms with van der Waals surface area (Å²) in [6.07, 6.45) is 2.48. The van der Waals surface area contributed by atoms with Crippen LogP contribution in [0.2, 0.25) is 0 Å². The van der Waals surface area contributed by atoms with Gasteiger partial charge in [-0.3, -0.25) is 4.90 Å². The van der Waals surface area contributed by atoms with Crippen LogP contribution < -0.4 is 9.21 Å². The average molecular weight is 447 g/mol. The molecule has 0 atom stereocenters. The van der Waals surface area contributed by atoms with Crippen molar-refractivity contribution in [2.24, 2.45) is 0 Å². The van der Waals surface area contributed by atoms with Crippen LogP contribution in [0.3, 0.4) is 0 Å². The zero-order chi connectivity index (χ0) is 20.6. The van der Waals surface area contributed by atoms with Crippen molar-refractivity contribution in [2.45, 2.75) is 17.7 Å². The zero-order valence-corrected chi connectivity index (χ0v) is 19.2. The minimum atomic E-state index is 1.08. The molecule has 4 nitrogen and oxygen atoms in total. The van der Waals surface area contributed by atoms with E-state index in [2.05, 4.69) is 74.8 Å². The van der Waals surface area contributed by atoms with E-state index in [1.54, 1.807) is 11.5 Å². The lowest BCUT2D eigenvalue weighted by Crippen LogP contribution is -2.46. The van der Waals surface area contributed by atoms with Crippen LogP contribution in [0.25, 0.3) is 20.9 Å². The number of anilines is 2. The highest BCUT2D eigenvalue weighted by atomic mass is 32.2. The Morgan fingerprint density at radius 1 is 0.806 bits per heavy atom. The maximum atomic E-state index is 4.74. The summed E-state index contributed by atoms with van der Waals surface area (Å²) < 4.78 is 8.52. The zero-order valence-electron chi connectivity index (χ0n) is 17.5. The van der Waals surface area contributed by atoms with Gasteiger partial charge in [0.25, 0.3) is 0 Å². The van der Waals surface area contributed by atoms with E-state index in [9.17, 15) is 0 Å². The molecular formula is C25H26N4S2. The fourth-order valence-electron chi connectivity index (χ4n) is 4.78. The Bertz CT molecular complexity index is 1210. The molecule has 0 amide bonds. The van der Waals surface area contributed by atoms with Gasteiger partial charge in [0, 0.05) is 48.4 Å². The highest BCUT2D eigenvalue weighted by Crippen LogP contribution is 2.45. The van der Waals surface area contributed by atoms with Crippen LogP contribution >= 0.6 is 23.5 Å². The number of hydrogen-bond donors (Lipinski definition) is 0. The standard InChI is InChI=1S/C25H26N4S2/c1-2-11-22-20(9-1)25(26-30-22)28-17-15-27(16-18-28)13-3-4-14-29-21-10-5-7-19-8-6-12-23(31-29)24(19)21/h1-2,5-12H,3-4,13-18H2. The molecule has 0 radical (unpaired) electrons. The largest absolute Gasteiger partial charge is 0.353 e. The molecule has 0 saturated carbocycles. The van der Waals surface area contributed by atoms with Gasteiger partial charge in [-0.15, -0.1) is 0 Å². The van der Waals surface area contributed by atoms with E-state index in [4.69, 9.17) is 4.37 Å². The first-order valence-corrected chi connectivity index (χ1v) is 12.7. The Balaban J connectivity index is 0.994. The summed E-state index contributed by atoms with van der Waals surface area (Å²) in [7, 11) is 0. The molecule has 2 aliphatic rings. The van der Waals surface area contributed by atoms with E-state index >= 15 is 0 Å². The minimum Gasteiger partial charge on any atom is -0.353 e. The van der Waals surface area contributed by atoms with Crippen LogP contribution in [-0.2, 0) is 0 Å². The summed E-state index contributed by atoms with van der Waals surface area (Å²) in [5, 5.41) is 4.09. The summed E-state index contributed by atoms with van der Waals surface area (Å²) >= 11 is 3.53. The Labute approximate surface area is 191 Å². The van der Waals surface area contributed by atoms with E-state index in [1.165, 1.54) is 56.6 Å². The number of rotatable bonds is 6. The molecule has 0 aliphatic carbocycles. The van der Waals surface area contributed by atoms with Crippen molar-refractivity contribution in [3.8, 4) is 0 Å². The van der Waals surface area contributed by atoms with Crippen LogP contribution in [-0.4, -0.2) is 48.5 Å². The van der Waals surface area contributed by atoms with E-state index in [1.807, 2.05) is 11.9 Å². The third-order valence-corrected chi connectivity index (χ3v) is 8.39. The second-order valence-electron chi connectivity index (χ2n) is 8.36. The van der Waals surface area contributed by atoms with Gasteiger partial charge in [-0.25, -0.2) is 0 Å². The Morgan fingerprint density at radius 2 is 1.61 bits per heavy atom. The fourth-order valence-corrected chi connectivity index (χ4v) is 6.74. The lowest BCUT2D eigenvalue weighted by Gasteiger charge is -2.35. The number of aromatic nitrogens is 1. The molecule has 0 unspecified atom stereocenters. The van der Waals surface area contributed by atoms with Crippen molar-refractivity contribution >= 4 is 55.8 Å². The molecule has 6 heteroatoms. The first-order chi connectivity index (χ1) is 15.4. The van der Waals surface area contributed by atoms with Gasteiger partial charge in [-0.05, 0) is 72.5 Å². The van der Waals surface area contributed by atoms with E-state index in [0.717, 1.165) is 32.7 Å². The Kier molecular flexibility index (Phi) is 5.22. The fraction of sp³-hybridized carbons (Fsp3) is 0.320. The first kappa shape index (κ1) is 19.4. The summed E-state index contributed by atoms with van der Waals surface area (Å²) in [4.78, 5) is 6.49. The number of piperazine rings is 1. The van der Waals surface area contributed by atoms with Crippen molar-refractivity contribution in [3.05, 3.63) is 60.7 Å². The van der Waals surface area contributed by atoms with Gasteiger partial charge < -0.3 is 9.21 Å². The smallest absolute Gasteiger partial charge is 0.150 e. The molecule has 0 spiro atoms. The van der Waals surface area contributed by atoms with Crippen molar-refractivity contribution in [3.63, 3.8) is 0 Å². The summed E-state index contributed by atoms with van der Waals surface area (Å²) in [6, 6.07) is 21.9. The summed E-state index contributed by atoms with van der Waals surface area (Å²) in [5.41, 5.74) is 1.39. The lowest BCUT2D eigenvalue weighted by atomic mass is 10.1. The maximum absolute atomic E-state index is 4.74. The second kappa shape index (κ2) is 8.34. The third-order valence-electron chi connectivity index (χ3n) is 6.44. The molecule has 4 aromatic rings. The second-order valence-corrected chi connectivity index (χ2v) is 10.2. The number of fused-ring (bicyclic) bond motifs is 1. The number of benzene rings is 3. The van der Waals surface area contributed by atoms with Crippen LogP contribution in [0.1, 0.15) is 12.8 Å². The van der Waals surface area contributed by atoms with Crippen LogP contribution in [0, 0.1) is 0 Å². The number of nitrogens with zero attached hydrogens (tertiary/aromatic N) is 4. The SMILES string of the molecule is c1cc2c3c(cccc3c1)N(CCCCN1CCN(c3nsc4ccccc34)CC1)S2. The van der Waals surface area contributed by atoms with Crippen LogP contribution in [0.5, 0.6) is 0 Å². The first-order valence-electron chi connectivity index (χ1n) is 11.2. The van der Waals surface area contributed by atoms with E-state index in [0.29, 0.717) is 0 Å². The van der Waals surface area contributed by atoms with E-state index < -0.39 is 0 Å². The summed E-state index contributed by atoms with van der Waals surface area (Å²) in [5.74, 6) is 1.18. The van der Waals surface area contributed by atoms with Crippen molar-refractivity contribution < 1.29 is 0 Å². The van der Waals surface area contributed by atoms with Gasteiger partial charge in [0.15, 0.2) is 0 Å². The topological polar surface area (TPSA) is 22.6 Å². The van der Waals surface area contributed by atoms with Gasteiger partial charge in [-0.1, -0.05) is 36.4 Å². The van der Waals surface area contributed by atoms with Gasteiger partial charge in [-0.2, -0.15) is 4.37 Å². The summed E-state index contributed by atoms with van der Waals surface area (Å²) in [6.45, 7) is 6.73. The molecular weight excluding hydrogens is 420 g/mol. The predicted molar refractivity (Wildman–Crippen MR) is 135 cm³/mol. The van der Waals surface area contributed by atoms with E-state index in [-0.39, 0.29) is 0 Å². The molecule has 3 heterocycles. The van der Waals surface area contributed by atoms with Crippen LogP contribution in [0.15, 0.2) is 65.6 Å². The Morgan fingerprint density at radius 3 is 2.52 bits per heavy atom. The maximum Gasteiger partial charge on any atom is 0.150 e. The van der Waals surface area contributed by atoms with Gasteiger partial charge in [0.1, 0.15) is 5.82 Å². The average Bonchev–Trinajstić information content (AvgIpc) is 3.41. The molecule has 2 aliphatic heterocycles. The lowest BCUT2D eigenvalue weighted by molar-refractivity contribution is 0.253.